The first-order valence-electron chi connectivity index (χ1n) is 5.00. The largest absolute Gasteiger partial charge is 0.302 e. The van der Waals surface area contributed by atoms with E-state index in [9.17, 15) is 9.59 Å². The minimum Gasteiger partial charge on any atom is -0.302 e. The number of hydrogen-bond acceptors (Lipinski definition) is 3. The molecule has 1 N–H and O–H groups in total. The van der Waals surface area contributed by atoms with Crippen LogP contribution < -0.4 is 4.90 Å². The predicted octanol–water partition coefficient (Wildman–Crippen LogP) is 0.869. The number of Topliss-reactive ketones (excluding diaryl/α,β-unsaturated/α-hetero) is 1. The number of H-pyrrole nitrogens is 1. The number of aromatic nitrogens is 2. The fourth-order valence-electron chi connectivity index (χ4n) is 1.98. The molecule has 16 heavy (non-hydrogen) atoms. The van der Waals surface area contributed by atoms with Gasteiger partial charge >= 0.3 is 0 Å². The topological polar surface area (TPSA) is 66.1 Å². The van der Waals surface area contributed by atoms with Crippen molar-refractivity contribution in [3.63, 3.8) is 0 Å². The zero-order valence-corrected chi connectivity index (χ0v) is 8.43. The molecule has 0 bridgehead atoms. The van der Waals surface area contributed by atoms with Crippen molar-refractivity contribution in [2.45, 2.75) is 6.42 Å². The number of amides is 1. The van der Waals surface area contributed by atoms with Gasteiger partial charge in [0.05, 0.1) is 30.4 Å². The van der Waals surface area contributed by atoms with Gasteiger partial charge in [0.15, 0.2) is 5.78 Å². The van der Waals surface area contributed by atoms with Crippen LogP contribution in [0.25, 0.3) is 10.9 Å². The fourth-order valence-corrected chi connectivity index (χ4v) is 1.98. The molecule has 1 aromatic heterocycles. The van der Waals surface area contributed by atoms with E-state index in [0.29, 0.717) is 0 Å². The van der Waals surface area contributed by atoms with Gasteiger partial charge in [0.1, 0.15) is 0 Å². The Hall–Kier alpha value is -2.17. The van der Waals surface area contributed by atoms with Crippen LogP contribution in [0.3, 0.4) is 0 Å². The molecular weight excluding hydrogens is 206 g/mol. The molecule has 1 aromatic carbocycles. The number of rotatable bonds is 1. The maximum Gasteiger partial charge on any atom is 0.234 e. The van der Waals surface area contributed by atoms with Crippen LogP contribution in [0.15, 0.2) is 24.4 Å². The molecule has 5 nitrogen and oxygen atoms in total. The number of para-hydroxylation sites is 1. The molecule has 0 aliphatic carbocycles. The second-order valence-electron chi connectivity index (χ2n) is 3.81. The smallest absolute Gasteiger partial charge is 0.234 e. The van der Waals surface area contributed by atoms with Gasteiger partial charge in [-0.25, -0.2) is 0 Å². The van der Waals surface area contributed by atoms with Crippen LogP contribution in [0.2, 0.25) is 0 Å². The summed E-state index contributed by atoms with van der Waals surface area (Å²) in [7, 11) is 0. The van der Waals surface area contributed by atoms with E-state index in [1.807, 2.05) is 18.2 Å². The van der Waals surface area contributed by atoms with Crippen LogP contribution in [0, 0.1) is 0 Å². The normalized spacial score (nSPS) is 16.4. The molecule has 0 spiro atoms. The molecule has 1 saturated heterocycles. The summed E-state index contributed by atoms with van der Waals surface area (Å²) in [6.45, 7) is 0.164. The highest BCUT2D eigenvalue weighted by Gasteiger charge is 2.29. The second kappa shape index (κ2) is 3.16. The lowest BCUT2D eigenvalue weighted by Crippen LogP contribution is -2.24. The predicted molar refractivity (Wildman–Crippen MR) is 58.1 cm³/mol. The van der Waals surface area contributed by atoms with E-state index >= 15 is 0 Å². The zero-order valence-electron chi connectivity index (χ0n) is 8.43. The van der Waals surface area contributed by atoms with Gasteiger partial charge in [-0.3, -0.25) is 14.7 Å². The van der Waals surface area contributed by atoms with E-state index < -0.39 is 0 Å². The molecule has 1 aliphatic rings. The van der Waals surface area contributed by atoms with E-state index in [1.165, 1.54) is 4.90 Å². The lowest BCUT2D eigenvalue weighted by Gasteiger charge is -2.15. The van der Waals surface area contributed by atoms with E-state index in [2.05, 4.69) is 10.2 Å². The molecule has 1 fully saturated rings. The number of benzene rings is 1. The Bertz CT molecular complexity index is 588. The molecule has 1 aliphatic heterocycles. The summed E-state index contributed by atoms with van der Waals surface area (Å²) < 4.78 is 0. The Labute approximate surface area is 91.0 Å². The lowest BCUT2D eigenvalue weighted by atomic mass is 10.2. The van der Waals surface area contributed by atoms with Crippen molar-refractivity contribution in [1.29, 1.82) is 0 Å². The molecule has 0 atom stereocenters. The summed E-state index contributed by atoms with van der Waals surface area (Å²) in [4.78, 5) is 24.3. The third kappa shape index (κ3) is 1.21. The first-order valence-corrected chi connectivity index (χ1v) is 5.00. The molecule has 0 radical (unpaired) electrons. The highest BCUT2D eigenvalue weighted by atomic mass is 16.2. The Morgan fingerprint density at radius 1 is 1.31 bits per heavy atom. The molecule has 2 aromatic rings. The number of carbonyl (C=O) groups excluding carboxylic acids is 2. The van der Waals surface area contributed by atoms with Crippen LogP contribution >= 0.6 is 0 Å². The number of fused-ring (bicyclic) bond motifs is 1. The van der Waals surface area contributed by atoms with E-state index in [1.54, 1.807) is 6.20 Å². The number of anilines is 1. The average molecular weight is 215 g/mol. The Morgan fingerprint density at radius 3 is 2.94 bits per heavy atom. The molecule has 3 rings (SSSR count). The average Bonchev–Trinajstić information content (AvgIpc) is 2.84. The first-order chi connectivity index (χ1) is 7.75. The minimum absolute atomic E-state index is 0.00449. The minimum atomic E-state index is -0.146. The maximum absolute atomic E-state index is 11.6. The first kappa shape index (κ1) is 9.08. The number of nitrogens with one attached hydrogen (secondary N) is 1. The van der Waals surface area contributed by atoms with Gasteiger partial charge in [0.2, 0.25) is 5.91 Å². The summed E-state index contributed by atoms with van der Waals surface area (Å²) in [5, 5.41) is 7.71. The van der Waals surface area contributed by atoms with Gasteiger partial charge in [0, 0.05) is 5.39 Å². The second-order valence-corrected chi connectivity index (χ2v) is 3.81. The quantitative estimate of drug-likeness (QED) is 0.718. The fraction of sp³-hybridized carbons (Fsp3) is 0.182. The van der Waals surface area contributed by atoms with Crippen molar-refractivity contribution < 1.29 is 9.59 Å². The van der Waals surface area contributed by atoms with Crippen LogP contribution in [0.1, 0.15) is 6.42 Å². The number of nitrogens with zero attached hydrogens (tertiary/aromatic N) is 2. The highest BCUT2D eigenvalue weighted by Crippen LogP contribution is 2.27. The highest BCUT2D eigenvalue weighted by molar-refractivity contribution is 6.17. The van der Waals surface area contributed by atoms with Gasteiger partial charge in [-0.15, -0.1) is 0 Å². The van der Waals surface area contributed by atoms with Gasteiger partial charge in [-0.2, -0.15) is 5.10 Å². The zero-order chi connectivity index (χ0) is 11.1. The van der Waals surface area contributed by atoms with Gasteiger partial charge in [-0.05, 0) is 6.07 Å². The van der Waals surface area contributed by atoms with Crippen molar-refractivity contribution >= 4 is 28.3 Å². The van der Waals surface area contributed by atoms with Crippen LogP contribution in [-0.2, 0) is 9.59 Å². The Morgan fingerprint density at radius 2 is 2.19 bits per heavy atom. The van der Waals surface area contributed by atoms with Gasteiger partial charge < -0.3 is 4.90 Å². The third-order valence-electron chi connectivity index (χ3n) is 2.73. The third-order valence-corrected chi connectivity index (χ3v) is 2.73. The Balaban J connectivity index is 2.15. The molecule has 1 amide bonds. The summed E-state index contributed by atoms with van der Waals surface area (Å²) in [6.07, 6.45) is 1.70. The SMILES string of the molecule is O=C1CC(=O)N(c2cccc3cn[nH]c23)C1. The molecular formula is C11H9N3O2. The van der Waals surface area contributed by atoms with Crippen LogP contribution in [0.4, 0.5) is 5.69 Å². The van der Waals surface area contributed by atoms with Crippen molar-refractivity contribution in [2.24, 2.45) is 0 Å². The maximum atomic E-state index is 11.6. The molecule has 0 unspecified atom stereocenters. The number of ketones is 1. The van der Waals surface area contributed by atoms with Crippen molar-refractivity contribution in [2.75, 3.05) is 11.4 Å². The number of hydrogen-bond donors (Lipinski definition) is 1. The summed E-state index contributed by atoms with van der Waals surface area (Å²) in [5.74, 6) is -0.186. The Kier molecular flexibility index (Phi) is 1.80. The summed E-state index contributed by atoms with van der Waals surface area (Å²) in [6, 6.07) is 5.57. The molecule has 2 heterocycles. The summed E-state index contributed by atoms with van der Waals surface area (Å²) in [5.41, 5.74) is 1.52. The summed E-state index contributed by atoms with van der Waals surface area (Å²) >= 11 is 0. The van der Waals surface area contributed by atoms with Crippen molar-refractivity contribution in [3.05, 3.63) is 24.4 Å². The standard InChI is InChI=1S/C11H9N3O2/c15-8-4-10(16)14(6-8)9-3-1-2-7-5-12-13-11(7)9/h1-3,5H,4,6H2,(H,12,13). The number of aromatic amines is 1. The van der Waals surface area contributed by atoms with E-state index in [-0.39, 0.29) is 24.7 Å². The molecule has 80 valence electrons. The van der Waals surface area contributed by atoms with Crippen LogP contribution in [-0.4, -0.2) is 28.4 Å². The molecule has 0 saturated carbocycles. The van der Waals surface area contributed by atoms with Crippen molar-refractivity contribution in [3.8, 4) is 0 Å². The van der Waals surface area contributed by atoms with Gasteiger partial charge in [-0.1, -0.05) is 12.1 Å². The van der Waals surface area contributed by atoms with Gasteiger partial charge in [0.25, 0.3) is 0 Å². The van der Waals surface area contributed by atoms with Crippen molar-refractivity contribution in [1.82, 2.24) is 10.2 Å². The molecule has 5 heteroatoms. The monoisotopic (exact) mass is 215 g/mol. The lowest BCUT2D eigenvalue weighted by molar-refractivity contribution is -0.121. The number of carbonyl (C=O) groups is 2. The van der Waals surface area contributed by atoms with Crippen LogP contribution in [0.5, 0.6) is 0 Å². The van der Waals surface area contributed by atoms with E-state index in [4.69, 9.17) is 0 Å². The van der Waals surface area contributed by atoms with E-state index in [0.717, 1.165) is 16.6 Å².